The fourth-order valence-electron chi connectivity index (χ4n) is 1.78. The van der Waals surface area contributed by atoms with Gasteiger partial charge in [0.2, 0.25) is 0 Å². The van der Waals surface area contributed by atoms with Crippen molar-refractivity contribution < 1.29 is 4.79 Å². The predicted molar refractivity (Wildman–Crippen MR) is 79.8 cm³/mol. The minimum Gasteiger partial charge on any atom is -0.397 e. The van der Waals surface area contributed by atoms with Crippen LogP contribution >= 0.6 is 22.7 Å². The second kappa shape index (κ2) is 5.14. The molecule has 3 heterocycles. The molecule has 3 aromatic rings. The van der Waals surface area contributed by atoms with Crippen LogP contribution in [0.15, 0.2) is 18.5 Å². The average Bonchev–Trinajstić information content (AvgIpc) is 3.01. The number of aryl methyl sites for hydroxylation is 1. The largest absolute Gasteiger partial charge is 0.397 e. The molecular formula is C12H11N5OS2. The summed E-state index contributed by atoms with van der Waals surface area (Å²) in [5.41, 5.74) is 6.44. The third-order valence-electron chi connectivity index (χ3n) is 2.72. The number of nitrogens with two attached hydrogens (primary N) is 1. The van der Waals surface area contributed by atoms with Crippen LogP contribution in [0.5, 0.6) is 0 Å². The number of carbonyl (C=O) groups excluding carboxylic acids is 1. The number of carbonyl (C=O) groups is 1. The van der Waals surface area contributed by atoms with Crippen LogP contribution in [0.1, 0.15) is 19.6 Å². The number of amides is 1. The molecule has 0 aliphatic carbocycles. The van der Waals surface area contributed by atoms with E-state index in [-0.39, 0.29) is 5.91 Å². The minimum absolute atomic E-state index is 0.198. The van der Waals surface area contributed by atoms with Gasteiger partial charge in [0.25, 0.3) is 5.91 Å². The van der Waals surface area contributed by atoms with E-state index in [1.807, 2.05) is 6.92 Å². The van der Waals surface area contributed by atoms with Gasteiger partial charge >= 0.3 is 0 Å². The number of hydrogen-bond acceptors (Lipinski definition) is 7. The zero-order valence-corrected chi connectivity index (χ0v) is 12.2. The molecule has 0 bridgehead atoms. The summed E-state index contributed by atoms with van der Waals surface area (Å²) in [4.78, 5) is 18.5. The Balaban J connectivity index is 1.80. The Kier molecular flexibility index (Phi) is 3.33. The highest BCUT2D eigenvalue weighted by molar-refractivity contribution is 7.21. The van der Waals surface area contributed by atoms with Crippen LogP contribution in [-0.2, 0) is 6.54 Å². The Hall–Kier alpha value is -2.06. The van der Waals surface area contributed by atoms with Gasteiger partial charge in [0.15, 0.2) is 0 Å². The zero-order valence-electron chi connectivity index (χ0n) is 10.6. The molecular weight excluding hydrogens is 294 g/mol. The summed E-state index contributed by atoms with van der Waals surface area (Å²) in [6.07, 6.45) is 3.33. The van der Waals surface area contributed by atoms with Crippen molar-refractivity contribution in [1.82, 2.24) is 20.5 Å². The van der Waals surface area contributed by atoms with Gasteiger partial charge in [0.05, 0.1) is 23.4 Å². The van der Waals surface area contributed by atoms with Gasteiger partial charge in [-0.05, 0) is 13.0 Å². The van der Waals surface area contributed by atoms with E-state index >= 15 is 0 Å². The summed E-state index contributed by atoms with van der Waals surface area (Å²) in [6.45, 7) is 2.38. The number of thiazole rings is 1. The van der Waals surface area contributed by atoms with Gasteiger partial charge in [-0.2, -0.15) is 5.10 Å². The first-order chi connectivity index (χ1) is 9.65. The van der Waals surface area contributed by atoms with Gasteiger partial charge < -0.3 is 11.1 Å². The van der Waals surface area contributed by atoms with Gasteiger partial charge in [-0.3, -0.25) is 4.79 Å². The number of aromatic nitrogens is 3. The normalized spacial score (nSPS) is 10.8. The molecule has 3 aromatic heterocycles. The zero-order chi connectivity index (χ0) is 14.1. The van der Waals surface area contributed by atoms with Gasteiger partial charge in [0, 0.05) is 16.5 Å². The molecule has 0 saturated heterocycles. The molecule has 102 valence electrons. The minimum atomic E-state index is -0.198. The molecule has 0 aliphatic heterocycles. The van der Waals surface area contributed by atoms with E-state index in [0.29, 0.717) is 21.9 Å². The van der Waals surface area contributed by atoms with Gasteiger partial charge in [-0.1, -0.05) is 0 Å². The highest BCUT2D eigenvalue weighted by Crippen LogP contribution is 2.31. The highest BCUT2D eigenvalue weighted by Gasteiger charge is 2.17. The van der Waals surface area contributed by atoms with Crippen LogP contribution in [0.4, 0.5) is 5.69 Å². The van der Waals surface area contributed by atoms with E-state index < -0.39 is 0 Å². The first kappa shape index (κ1) is 12.9. The number of nitrogens with one attached hydrogen (secondary N) is 1. The van der Waals surface area contributed by atoms with Crippen LogP contribution < -0.4 is 11.1 Å². The number of nitrogens with zero attached hydrogens (tertiary/aromatic N) is 3. The molecule has 0 atom stereocenters. The summed E-state index contributed by atoms with van der Waals surface area (Å²) in [7, 11) is 0. The third-order valence-corrected chi connectivity index (χ3v) is 4.74. The summed E-state index contributed by atoms with van der Waals surface area (Å²) in [6, 6.07) is 1.76. The molecule has 1 amide bonds. The topological polar surface area (TPSA) is 93.8 Å². The van der Waals surface area contributed by atoms with Crippen LogP contribution in [0.2, 0.25) is 0 Å². The van der Waals surface area contributed by atoms with Crippen molar-refractivity contribution in [3.05, 3.63) is 33.2 Å². The first-order valence-electron chi connectivity index (χ1n) is 5.84. The maximum Gasteiger partial charge on any atom is 0.263 e. The second-order valence-corrected chi connectivity index (χ2v) is 6.44. The predicted octanol–water partition coefficient (Wildman–Crippen LogP) is 1.97. The van der Waals surface area contributed by atoms with Gasteiger partial charge in [-0.25, -0.2) is 4.98 Å². The van der Waals surface area contributed by atoms with Crippen molar-refractivity contribution in [3.63, 3.8) is 0 Å². The van der Waals surface area contributed by atoms with Crippen LogP contribution in [0.25, 0.3) is 10.2 Å². The number of nitrogen functional groups attached to an aromatic ring is 1. The molecule has 0 aliphatic rings. The SMILES string of the molecule is Cc1ncc(CNC(=O)c2sc3nnccc3c2N)s1. The van der Waals surface area contributed by atoms with Crippen LogP contribution in [0, 0.1) is 6.92 Å². The third kappa shape index (κ3) is 2.35. The van der Waals surface area contributed by atoms with Crippen molar-refractivity contribution >= 4 is 44.5 Å². The number of hydrogen-bond donors (Lipinski definition) is 2. The first-order valence-corrected chi connectivity index (χ1v) is 7.47. The molecule has 6 nitrogen and oxygen atoms in total. The Morgan fingerprint density at radius 1 is 1.45 bits per heavy atom. The molecule has 0 spiro atoms. The van der Waals surface area contributed by atoms with Gasteiger partial charge in [0.1, 0.15) is 9.71 Å². The standard InChI is InChI=1S/C12H11N5OS2/c1-6-14-4-7(19-6)5-15-11(18)10-9(13)8-2-3-16-17-12(8)20-10/h2-4H,5,13H2,1H3,(H,15,18). The summed E-state index contributed by atoms with van der Waals surface area (Å²) in [5.74, 6) is -0.198. The number of anilines is 1. The molecule has 3 N–H and O–H groups in total. The summed E-state index contributed by atoms with van der Waals surface area (Å²) < 4.78 is 0. The summed E-state index contributed by atoms with van der Waals surface area (Å²) >= 11 is 2.81. The molecule has 0 saturated carbocycles. The van der Waals surface area contributed by atoms with E-state index in [4.69, 9.17) is 5.73 Å². The van der Waals surface area contributed by atoms with E-state index in [2.05, 4.69) is 20.5 Å². The van der Waals surface area contributed by atoms with Crippen LogP contribution in [-0.4, -0.2) is 21.1 Å². The molecule has 0 radical (unpaired) electrons. The molecule has 8 heteroatoms. The monoisotopic (exact) mass is 305 g/mol. The van der Waals surface area contributed by atoms with Crippen LogP contribution in [0.3, 0.4) is 0 Å². The fraction of sp³-hybridized carbons (Fsp3) is 0.167. The fourth-order valence-corrected chi connectivity index (χ4v) is 3.47. The average molecular weight is 305 g/mol. The number of thiophene rings is 1. The lowest BCUT2D eigenvalue weighted by Gasteiger charge is -2.01. The molecule has 3 rings (SSSR count). The lowest BCUT2D eigenvalue weighted by Crippen LogP contribution is -2.22. The Morgan fingerprint density at radius 2 is 2.30 bits per heavy atom. The van der Waals surface area contributed by atoms with E-state index in [0.717, 1.165) is 15.3 Å². The second-order valence-electron chi connectivity index (χ2n) is 4.12. The lowest BCUT2D eigenvalue weighted by molar-refractivity contribution is 0.0956. The number of fused-ring (bicyclic) bond motifs is 1. The van der Waals surface area contributed by atoms with E-state index in [1.165, 1.54) is 11.3 Å². The van der Waals surface area contributed by atoms with Crippen molar-refractivity contribution in [2.24, 2.45) is 0 Å². The Morgan fingerprint density at radius 3 is 3.00 bits per heavy atom. The van der Waals surface area contributed by atoms with Crippen molar-refractivity contribution in [1.29, 1.82) is 0 Å². The Labute approximate surface area is 122 Å². The van der Waals surface area contributed by atoms with Crippen molar-refractivity contribution in [2.75, 3.05) is 5.73 Å². The molecule has 0 fully saturated rings. The smallest absolute Gasteiger partial charge is 0.263 e. The molecule has 20 heavy (non-hydrogen) atoms. The lowest BCUT2D eigenvalue weighted by atomic mass is 10.3. The molecule has 0 unspecified atom stereocenters. The maximum atomic E-state index is 12.2. The van der Waals surface area contributed by atoms with Gasteiger partial charge in [-0.15, -0.1) is 27.8 Å². The van der Waals surface area contributed by atoms with Crippen molar-refractivity contribution in [2.45, 2.75) is 13.5 Å². The Bertz CT molecular complexity index is 779. The quantitative estimate of drug-likeness (QED) is 0.771. The summed E-state index contributed by atoms with van der Waals surface area (Å²) in [5, 5.41) is 12.3. The van der Waals surface area contributed by atoms with E-state index in [9.17, 15) is 4.79 Å². The molecule has 0 aromatic carbocycles. The van der Waals surface area contributed by atoms with Crippen molar-refractivity contribution in [3.8, 4) is 0 Å². The van der Waals surface area contributed by atoms with E-state index in [1.54, 1.807) is 29.8 Å². The maximum absolute atomic E-state index is 12.2. The highest BCUT2D eigenvalue weighted by atomic mass is 32.1. The number of rotatable bonds is 3.